The number of carbonyl (C=O) groups excluding carboxylic acids is 1. The third-order valence-electron chi connectivity index (χ3n) is 2.22. The summed E-state index contributed by atoms with van der Waals surface area (Å²) in [4.78, 5) is 19.8. The highest BCUT2D eigenvalue weighted by molar-refractivity contribution is 6.02. The zero-order chi connectivity index (χ0) is 12.8. The SMILES string of the molecule is CCOc1ccc(C(=O)Nc2ccncc2)nc1. The molecule has 0 spiro atoms. The Morgan fingerprint density at radius 2 is 2.06 bits per heavy atom. The maximum absolute atomic E-state index is 11.8. The van der Waals surface area contributed by atoms with Crippen molar-refractivity contribution in [3.05, 3.63) is 48.5 Å². The Balaban J connectivity index is 2.05. The smallest absolute Gasteiger partial charge is 0.274 e. The molecule has 2 heterocycles. The maximum atomic E-state index is 11.8. The van der Waals surface area contributed by atoms with Gasteiger partial charge in [-0.15, -0.1) is 0 Å². The summed E-state index contributed by atoms with van der Waals surface area (Å²) in [6, 6.07) is 6.78. The summed E-state index contributed by atoms with van der Waals surface area (Å²) in [6.45, 7) is 2.47. The number of rotatable bonds is 4. The molecule has 92 valence electrons. The molecular formula is C13H13N3O2. The molecule has 0 bridgehead atoms. The van der Waals surface area contributed by atoms with Gasteiger partial charge in [0.15, 0.2) is 0 Å². The lowest BCUT2D eigenvalue weighted by molar-refractivity contribution is 0.102. The van der Waals surface area contributed by atoms with E-state index >= 15 is 0 Å². The Labute approximate surface area is 105 Å². The van der Waals surface area contributed by atoms with E-state index in [1.54, 1.807) is 36.7 Å². The third kappa shape index (κ3) is 3.04. The fourth-order valence-electron chi connectivity index (χ4n) is 1.40. The highest BCUT2D eigenvalue weighted by Crippen LogP contribution is 2.11. The number of aromatic nitrogens is 2. The Morgan fingerprint density at radius 1 is 1.28 bits per heavy atom. The molecule has 1 amide bonds. The molecule has 0 aromatic carbocycles. The first-order chi connectivity index (χ1) is 8.79. The first kappa shape index (κ1) is 12.0. The van der Waals surface area contributed by atoms with Crippen LogP contribution in [0.5, 0.6) is 5.75 Å². The second-order valence-corrected chi connectivity index (χ2v) is 3.50. The van der Waals surface area contributed by atoms with Crippen molar-refractivity contribution in [2.24, 2.45) is 0 Å². The molecule has 1 N–H and O–H groups in total. The van der Waals surface area contributed by atoms with Gasteiger partial charge in [-0.3, -0.25) is 9.78 Å². The molecule has 5 nitrogen and oxygen atoms in total. The first-order valence-corrected chi connectivity index (χ1v) is 5.60. The molecule has 0 aliphatic rings. The van der Waals surface area contributed by atoms with Crippen LogP contribution in [0.15, 0.2) is 42.9 Å². The number of hydrogen-bond acceptors (Lipinski definition) is 4. The van der Waals surface area contributed by atoms with Crippen LogP contribution in [0.2, 0.25) is 0 Å². The third-order valence-corrected chi connectivity index (χ3v) is 2.22. The summed E-state index contributed by atoms with van der Waals surface area (Å²) in [6.07, 6.45) is 4.76. The van der Waals surface area contributed by atoms with Crippen LogP contribution in [0.4, 0.5) is 5.69 Å². The Bertz CT molecular complexity index is 512. The molecule has 18 heavy (non-hydrogen) atoms. The van der Waals surface area contributed by atoms with Crippen molar-refractivity contribution >= 4 is 11.6 Å². The van der Waals surface area contributed by atoms with Gasteiger partial charge in [0.25, 0.3) is 5.91 Å². The van der Waals surface area contributed by atoms with E-state index in [2.05, 4.69) is 15.3 Å². The van der Waals surface area contributed by atoms with Crippen LogP contribution in [0.25, 0.3) is 0 Å². The molecule has 5 heteroatoms. The van der Waals surface area contributed by atoms with Crippen LogP contribution in [-0.4, -0.2) is 22.5 Å². The number of amides is 1. The van der Waals surface area contributed by atoms with E-state index in [9.17, 15) is 4.79 Å². The lowest BCUT2D eigenvalue weighted by atomic mass is 10.3. The largest absolute Gasteiger partial charge is 0.492 e. The predicted molar refractivity (Wildman–Crippen MR) is 67.6 cm³/mol. The van der Waals surface area contributed by atoms with Crippen molar-refractivity contribution in [3.63, 3.8) is 0 Å². The van der Waals surface area contributed by atoms with Crippen LogP contribution < -0.4 is 10.1 Å². The Kier molecular flexibility index (Phi) is 3.86. The van der Waals surface area contributed by atoms with Crippen LogP contribution in [-0.2, 0) is 0 Å². The van der Waals surface area contributed by atoms with Gasteiger partial charge in [-0.1, -0.05) is 0 Å². The average Bonchev–Trinajstić information content (AvgIpc) is 2.41. The summed E-state index contributed by atoms with van der Waals surface area (Å²) >= 11 is 0. The van der Waals surface area contributed by atoms with E-state index < -0.39 is 0 Å². The van der Waals surface area contributed by atoms with E-state index in [0.717, 1.165) is 0 Å². The van der Waals surface area contributed by atoms with Crippen LogP contribution in [0.3, 0.4) is 0 Å². The number of ether oxygens (including phenoxy) is 1. The minimum absolute atomic E-state index is 0.260. The molecule has 0 radical (unpaired) electrons. The van der Waals surface area contributed by atoms with Crippen molar-refractivity contribution in [2.75, 3.05) is 11.9 Å². The van der Waals surface area contributed by atoms with E-state index in [1.807, 2.05) is 6.92 Å². The van der Waals surface area contributed by atoms with Crippen LogP contribution in [0.1, 0.15) is 17.4 Å². The highest BCUT2D eigenvalue weighted by Gasteiger charge is 2.07. The Morgan fingerprint density at radius 3 is 2.67 bits per heavy atom. The predicted octanol–water partition coefficient (Wildman–Crippen LogP) is 2.13. The number of carbonyl (C=O) groups is 1. The average molecular weight is 243 g/mol. The molecule has 0 unspecified atom stereocenters. The summed E-state index contributed by atoms with van der Waals surface area (Å²) < 4.78 is 5.26. The monoisotopic (exact) mass is 243 g/mol. The van der Waals surface area contributed by atoms with E-state index in [-0.39, 0.29) is 5.91 Å². The minimum Gasteiger partial charge on any atom is -0.492 e. The normalized spacial score (nSPS) is 9.83. The molecule has 2 rings (SSSR count). The number of nitrogens with one attached hydrogen (secondary N) is 1. The lowest BCUT2D eigenvalue weighted by Gasteiger charge is -2.05. The summed E-state index contributed by atoms with van der Waals surface area (Å²) in [7, 11) is 0. The van der Waals surface area contributed by atoms with Gasteiger partial charge in [-0.05, 0) is 31.2 Å². The van der Waals surface area contributed by atoms with Crippen molar-refractivity contribution < 1.29 is 9.53 Å². The van der Waals surface area contributed by atoms with Crippen molar-refractivity contribution in [2.45, 2.75) is 6.92 Å². The fraction of sp³-hybridized carbons (Fsp3) is 0.154. The van der Waals surface area contributed by atoms with Gasteiger partial charge >= 0.3 is 0 Å². The molecular weight excluding hydrogens is 230 g/mol. The standard InChI is InChI=1S/C13H13N3O2/c1-2-18-11-3-4-12(15-9-11)13(17)16-10-5-7-14-8-6-10/h3-9H,2H2,1H3,(H,14,16,17). The molecule has 0 aliphatic carbocycles. The van der Waals surface area contributed by atoms with Crippen LogP contribution >= 0.6 is 0 Å². The summed E-state index contributed by atoms with van der Waals surface area (Å²) in [5, 5.41) is 2.73. The molecule has 0 atom stereocenters. The topological polar surface area (TPSA) is 64.1 Å². The molecule has 2 aromatic heterocycles. The van der Waals surface area contributed by atoms with Gasteiger partial charge in [0.2, 0.25) is 0 Å². The summed E-state index contributed by atoms with van der Waals surface area (Å²) in [5.74, 6) is 0.391. The molecule has 0 saturated carbocycles. The fourth-order valence-corrected chi connectivity index (χ4v) is 1.40. The van der Waals surface area contributed by atoms with E-state index in [1.165, 1.54) is 6.20 Å². The second kappa shape index (κ2) is 5.77. The Hall–Kier alpha value is -2.43. The van der Waals surface area contributed by atoms with Gasteiger partial charge in [0, 0.05) is 18.1 Å². The van der Waals surface area contributed by atoms with Gasteiger partial charge < -0.3 is 10.1 Å². The minimum atomic E-state index is -0.260. The summed E-state index contributed by atoms with van der Waals surface area (Å²) in [5.41, 5.74) is 1.03. The molecule has 0 aliphatic heterocycles. The first-order valence-electron chi connectivity index (χ1n) is 5.60. The van der Waals surface area contributed by atoms with Gasteiger partial charge in [-0.2, -0.15) is 0 Å². The second-order valence-electron chi connectivity index (χ2n) is 3.50. The van der Waals surface area contributed by atoms with Crippen molar-refractivity contribution in [3.8, 4) is 5.75 Å². The number of hydrogen-bond donors (Lipinski definition) is 1. The van der Waals surface area contributed by atoms with Crippen molar-refractivity contribution in [1.82, 2.24) is 9.97 Å². The quantitative estimate of drug-likeness (QED) is 0.893. The zero-order valence-corrected chi connectivity index (χ0v) is 9.96. The van der Waals surface area contributed by atoms with E-state index in [4.69, 9.17) is 4.74 Å². The number of nitrogens with zero attached hydrogens (tertiary/aromatic N) is 2. The molecule has 0 fully saturated rings. The highest BCUT2D eigenvalue weighted by atomic mass is 16.5. The number of pyridine rings is 2. The maximum Gasteiger partial charge on any atom is 0.274 e. The lowest BCUT2D eigenvalue weighted by Crippen LogP contribution is -2.13. The van der Waals surface area contributed by atoms with Crippen LogP contribution in [0, 0.1) is 0 Å². The van der Waals surface area contributed by atoms with Gasteiger partial charge in [0.1, 0.15) is 11.4 Å². The zero-order valence-electron chi connectivity index (χ0n) is 9.96. The molecule has 0 saturated heterocycles. The van der Waals surface area contributed by atoms with E-state index in [0.29, 0.717) is 23.7 Å². The van der Waals surface area contributed by atoms with Gasteiger partial charge in [0.05, 0.1) is 12.8 Å². The van der Waals surface area contributed by atoms with Crippen molar-refractivity contribution in [1.29, 1.82) is 0 Å². The molecule has 2 aromatic rings. The van der Waals surface area contributed by atoms with Gasteiger partial charge in [-0.25, -0.2) is 4.98 Å². The number of anilines is 1.